The molecule has 7 heteroatoms. The minimum absolute atomic E-state index is 0.124. The second kappa shape index (κ2) is 8.82. The molecule has 0 bridgehead atoms. The van der Waals surface area contributed by atoms with Crippen molar-refractivity contribution < 1.29 is 23.0 Å². The number of hydrogen-bond donors (Lipinski definition) is 0. The van der Waals surface area contributed by atoms with E-state index >= 15 is 0 Å². The van der Waals surface area contributed by atoms with E-state index in [1.54, 1.807) is 11.0 Å². The molecule has 1 heterocycles. The summed E-state index contributed by atoms with van der Waals surface area (Å²) < 4.78 is 34.5. The van der Waals surface area contributed by atoms with Crippen molar-refractivity contribution in [1.29, 1.82) is 0 Å². The SMILES string of the molecule is CCCN1CCCN(C(=O)c2ccc(OC)c(OC(F)F)c2)CC1. The highest BCUT2D eigenvalue weighted by Crippen LogP contribution is 2.30. The average molecular weight is 342 g/mol. The largest absolute Gasteiger partial charge is 0.493 e. The summed E-state index contributed by atoms with van der Waals surface area (Å²) in [5, 5.41) is 0. The monoisotopic (exact) mass is 342 g/mol. The molecule has 24 heavy (non-hydrogen) atoms. The second-order valence-electron chi connectivity index (χ2n) is 5.73. The zero-order chi connectivity index (χ0) is 17.5. The smallest absolute Gasteiger partial charge is 0.387 e. The van der Waals surface area contributed by atoms with Crippen LogP contribution in [-0.4, -0.2) is 62.2 Å². The van der Waals surface area contributed by atoms with Crippen LogP contribution in [0.25, 0.3) is 0 Å². The first-order valence-electron chi connectivity index (χ1n) is 8.19. The third-order valence-electron chi connectivity index (χ3n) is 4.04. The molecular weight excluding hydrogens is 318 g/mol. The molecule has 1 aliphatic heterocycles. The first-order valence-corrected chi connectivity index (χ1v) is 8.19. The Morgan fingerprint density at radius 2 is 2.00 bits per heavy atom. The van der Waals surface area contributed by atoms with E-state index in [-0.39, 0.29) is 17.4 Å². The average Bonchev–Trinajstić information content (AvgIpc) is 2.79. The van der Waals surface area contributed by atoms with Crippen LogP contribution in [0.15, 0.2) is 18.2 Å². The van der Waals surface area contributed by atoms with Gasteiger partial charge in [0.15, 0.2) is 11.5 Å². The lowest BCUT2D eigenvalue weighted by Crippen LogP contribution is -2.35. The van der Waals surface area contributed by atoms with Crippen molar-refractivity contribution in [3.8, 4) is 11.5 Å². The molecule has 1 fully saturated rings. The topological polar surface area (TPSA) is 42.0 Å². The summed E-state index contributed by atoms with van der Waals surface area (Å²) in [6, 6.07) is 4.38. The number of ether oxygens (including phenoxy) is 2. The van der Waals surface area contributed by atoms with Crippen molar-refractivity contribution in [2.45, 2.75) is 26.4 Å². The van der Waals surface area contributed by atoms with Crippen LogP contribution in [-0.2, 0) is 0 Å². The third-order valence-corrected chi connectivity index (χ3v) is 4.04. The van der Waals surface area contributed by atoms with E-state index in [1.807, 2.05) is 0 Å². The van der Waals surface area contributed by atoms with Gasteiger partial charge in [-0.05, 0) is 44.1 Å². The molecule has 0 radical (unpaired) electrons. The van der Waals surface area contributed by atoms with Crippen molar-refractivity contribution >= 4 is 5.91 Å². The van der Waals surface area contributed by atoms with Crippen LogP contribution in [0.3, 0.4) is 0 Å². The number of amides is 1. The van der Waals surface area contributed by atoms with Gasteiger partial charge in [-0.3, -0.25) is 4.79 Å². The molecule has 0 spiro atoms. The summed E-state index contributed by atoms with van der Waals surface area (Å²) in [6.45, 7) is 3.29. The lowest BCUT2D eigenvalue weighted by Gasteiger charge is -2.22. The van der Waals surface area contributed by atoms with E-state index in [1.165, 1.54) is 19.2 Å². The predicted octanol–water partition coefficient (Wildman–Crippen LogP) is 2.85. The number of carbonyl (C=O) groups excluding carboxylic acids is 1. The highest BCUT2D eigenvalue weighted by atomic mass is 19.3. The zero-order valence-electron chi connectivity index (χ0n) is 14.1. The maximum absolute atomic E-state index is 12.7. The molecule has 134 valence electrons. The third kappa shape index (κ3) is 4.80. The van der Waals surface area contributed by atoms with Crippen molar-refractivity contribution in [3.63, 3.8) is 0 Å². The molecule has 0 N–H and O–H groups in total. The van der Waals surface area contributed by atoms with Crippen LogP contribution in [0.2, 0.25) is 0 Å². The Kier molecular flexibility index (Phi) is 6.78. The molecule has 0 aliphatic carbocycles. The van der Waals surface area contributed by atoms with Gasteiger partial charge >= 0.3 is 6.61 Å². The van der Waals surface area contributed by atoms with Crippen molar-refractivity contribution in [2.75, 3.05) is 39.8 Å². The molecule has 0 unspecified atom stereocenters. The van der Waals surface area contributed by atoms with Crippen LogP contribution in [0.1, 0.15) is 30.1 Å². The molecule has 1 aromatic carbocycles. The van der Waals surface area contributed by atoms with Gasteiger partial charge in [0.1, 0.15) is 0 Å². The van der Waals surface area contributed by atoms with E-state index in [2.05, 4.69) is 16.6 Å². The fourth-order valence-electron chi connectivity index (χ4n) is 2.89. The number of carbonyl (C=O) groups is 1. The van der Waals surface area contributed by atoms with Gasteiger partial charge in [-0.1, -0.05) is 6.92 Å². The van der Waals surface area contributed by atoms with Gasteiger partial charge < -0.3 is 19.3 Å². The Labute approximate surface area is 141 Å². The van der Waals surface area contributed by atoms with Crippen LogP contribution >= 0.6 is 0 Å². The number of hydrogen-bond acceptors (Lipinski definition) is 4. The number of nitrogens with zero attached hydrogens (tertiary/aromatic N) is 2. The van der Waals surface area contributed by atoms with Crippen LogP contribution in [0, 0.1) is 0 Å². The highest BCUT2D eigenvalue weighted by molar-refractivity contribution is 5.95. The number of benzene rings is 1. The van der Waals surface area contributed by atoms with E-state index < -0.39 is 6.61 Å². The Bertz CT molecular complexity index is 555. The Hall–Kier alpha value is -1.89. The zero-order valence-corrected chi connectivity index (χ0v) is 14.1. The van der Waals surface area contributed by atoms with E-state index in [4.69, 9.17) is 4.74 Å². The van der Waals surface area contributed by atoms with Gasteiger partial charge in [0.25, 0.3) is 5.91 Å². The van der Waals surface area contributed by atoms with Gasteiger partial charge in [0.05, 0.1) is 7.11 Å². The lowest BCUT2D eigenvalue weighted by atomic mass is 10.1. The maximum Gasteiger partial charge on any atom is 0.387 e. The van der Waals surface area contributed by atoms with Gasteiger partial charge in [-0.2, -0.15) is 8.78 Å². The Morgan fingerprint density at radius 3 is 2.67 bits per heavy atom. The summed E-state index contributed by atoms with van der Waals surface area (Å²) in [5.74, 6) is -0.118. The lowest BCUT2D eigenvalue weighted by molar-refractivity contribution is -0.0512. The van der Waals surface area contributed by atoms with Gasteiger partial charge in [0, 0.05) is 25.2 Å². The summed E-state index contributed by atoms with van der Waals surface area (Å²) >= 11 is 0. The molecule has 1 aromatic rings. The summed E-state index contributed by atoms with van der Waals surface area (Å²) in [5.41, 5.74) is 0.329. The van der Waals surface area contributed by atoms with Crippen LogP contribution in [0.4, 0.5) is 8.78 Å². The molecule has 0 aromatic heterocycles. The van der Waals surface area contributed by atoms with Crippen molar-refractivity contribution in [2.24, 2.45) is 0 Å². The van der Waals surface area contributed by atoms with Gasteiger partial charge in [-0.25, -0.2) is 0 Å². The Balaban J connectivity index is 2.11. The maximum atomic E-state index is 12.7. The van der Waals surface area contributed by atoms with Gasteiger partial charge in [-0.15, -0.1) is 0 Å². The second-order valence-corrected chi connectivity index (χ2v) is 5.73. The molecule has 0 saturated carbocycles. The van der Waals surface area contributed by atoms with E-state index in [9.17, 15) is 13.6 Å². The minimum atomic E-state index is -2.97. The quantitative estimate of drug-likeness (QED) is 0.797. The van der Waals surface area contributed by atoms with Crippen LogP contribution < -0.4 is 9.47 Å². The van der Waals surface area contributed by atoms with Crippen molar-refractivity contribution in [3.05, 3.63) is 23.8 Å². The molecule has 1 amide bonds. The molecule has 5 nitrogen and oxygen atoms in total. The highest BCUT2D eigenvalue weighted by Gasteiger charge is 2.22. The first-order chi connectivity index (χ1) is 11.5. The predicted molar refractivity (Wildman–Crippen MR) is 86.9 cm³/mol. The summed E-state index contributed by atoms with van der Waals surface area (Å²) in [6.07, 6.45) is 1.99. The fraction of sp³-hybridized carbons (Fsp3) is 0.588. The minimum Gasteiger partial charge on any atom is -0.493 e. The fourth-order valence-corrected chi connectivity index (χ4v) is 2.89. The molecule has 2 rings (SSSR count). The van der Waals surface area contributed by atoms with E-state index in [0.717, 1.165) is 32.5 Å². The van der Waals surface area contributed by atoms with E-state index in [0.29, 0.717) is 18.7 Å². The molecule has 1 saturated heterocycles. The van der Waals surface area contributed by atoms with Gasteiger partial charge in [0.2, 0.25) is 0 Å². The number of rotatable bonds is 6. The Morgan fingerprint density at radius 1 is 1.21 bits per heavy atom. The number of methoxy groups -OCH3 is 1. The summed E-state index contributed by atoms with van der Waals surface area (Å²) in [7, 11) is 1.37. The molecule has 0 atom stereocenters. The molecule has 1 aliphatic rings. The number of halogens is 2. The van der Waals surface area contributed by atoms with Crippen LogP contribution in [0.5, 0.6) is 11.5 Å². The first kappa shape index (κ1) is 18.4. The normalized spacial score (nSPS) is 16.1. The summed E-state index contributed by atoms with van der Waals surface area (Å²) in [4.78, 5) is 16.8. The number of alkyl halides is 2. The van der Waals surface area contributed by atoms with Crippen molar-refractivity contribution in [1.82, 2.24) is 9.80 Å². The standard InChI is InChI=1S/C17H24F2N2O3/c1-3-7-20-8-4-9-21(11-10-20)16(22)13-5-6-14(23-2)15(12-13)24-17(18)19/h5-6,12,17H,3-4,7-11H2,1-2H3. The molecular formula is C17H24F2N2O3.